The number of ketones is 1. The van der Waals surface area contributed by atoms with Crippen LogP contribution >= 0.6 is 0 Å². The summed E-state index contributed by atoms with van der Waals surface area (Å²) in [5.74, 6) is 0.131. The number of rotatable bonds is 9. The third kappa shape index (κ3) is 5.90. The van der Waals surface area contributed by atoms with Crippen molar-refractivity contribution in [3.8, 4) is 5.75 Å². The Kier molecular flexibility index (Phi) is 7.31. The predicted molar refractivity (Wildman–Crippen MR) is 106 cm³/mol. The van der Waals surface area contributed by atoms with Gasteiger partial charge in [0.25, 0.3) is 0 Å². The summed E-state index contributed by atoms with van der Waals surface area (Å²) < 4.78 is 31.6. The quantitative estimate of drug-likeness (QED) is 0.510. The van der Waals surface area contributed by atoms with Crippen LogP contribution < -0.4 is 10.1 Å². The highest BCUT2D eigenvalue weighted by molar-refractivity contribution is 7.89. The molecule has 0 atom stereocenters. The van der Waals surface area contributed by atoms with Crippen LogP contribution in [0.15, 0.2) is 53.4 Å². The van der Waals surface area contributed by atoms with Gasteiger partial charge in [0.05, 0.1) is 18.0 Å². The number of carbonyl (C=O) groups excluding carboxylic acids is 2. The number of likely N-dealkylation sites (N-methyl/N-ethyl adjacent to an activating group) is 1. The van der Waals surface area contributed by atoms with E-state index >= 15 is 0 Å². The van der Waals surface area contributed by atoms with Crippen molar-refractivity contribution in [2.45, 2.75) is 18.7 Å². The van der Waals surface area contributed by atoms with Crippen LogP contribution in [0, 0.1) is 6.92 Å². The lowest BCUT2D eigenvalue weighted by Gasteiger charge is -2.17. The third-order valence-corrected chi connectivity index (χ3v) is 5.84. The molecule has 0 heterocycles. The van der Waals surface area contributed by atoms with E-state index in [0.29, 0.717) is 11.3 Å². The number of nitrogens with one attached hydrogen (secondary N) is 1. The molecular formula is C20H24N2O5S. The predicted octanol–water partition coefficient (Wildman–Crippen LogP) is 2.01. The summed E-state index contributed by atoms with van der Waals surface area (Å²) in [5.41, 5.74) is 1.50. The Morgan fingerprint density at radius 1 is 1.11 bits per heavy atom. The van der Waals surface area contributed by atoms with E-state index in [9.17, 15) is 18.0 Å². The number of amides is 1. The van der Waals surface area contributed by atoms with Crippen LogP contribution in [0.3, 0.4) is 0 Å². The number of carbonyl (C=O) groups is 2. The number of hydrogen-bond acceptors (Lipinski definition) is 5. The molecule has 0 bridgehead atoms. The number of sulfonamides is 1. The summed E-state index contributed by atoms with van der Waals surface area (Å²) in [7, 11) is -2.49. The molecule has 8 heteroatoms. The molecular weight excluding hydrogens is 380 g/mol. The van der Waals surface area contributed by atoms with Crippen LogP contribution in [-0.2, 0) is 14.8 Å². The number of aryl methyl sites for hydroxylation is 1. The normalized spacial score (nSPS) is 11.3. The average Bonchev–Trinajstić information content (AvgIpc) is 2.65. The molecule has 0 saturated heterocycles. The van der Waals surface area contributed by atoms with Crippen molar-refractivity contribution < 1.29 is 22.7 Å². The first-order valence-electron chi connectivity index (χ1n) is 8.73. The van der Waals surface area contributed by atoms with Crippen molar-refractivity contribution in [2.75, 3.05) is 26.7 Å². The molecule has 1 amide bonds. The van der Waals surface area contributed by atoms with E-state index in [0.717, 1.165) is 9.87 Å². The number of ether oxygens (including phenoxy) is 1. The maximum Gasteiger partial charge on any atom is 0.243 e. The van der Waals surface area contributed by atoms with E-state index in [4.69, 9.17) is 4.74 Å². The molecule has 0 unspecified atom stereocenters. The zero-order chi connectivity index (χ0) is 20.7. The number of nitrogens with zero attached hydrogens (tertiary/aromatic N) is 1. The topological polar surface area (TPSA) is 92.8 Å². The molecule has 0 fully saturated rings. The van der Waals surface area contributed by atoms with Gasteiger partial charge in [-0.1, -0.05) is 24.3 Å². The zero-order valence-electron chi connectivity index (χ0n) is 16.1. The number of benzene rings is 2. The van der Waals surface area contributed by atoms with Gasteiger partial charge >= 0.3 is 0 Å². The summed E-state index contributed by atoms with van der Waals surface area (Å²) >= 11 is 0. The Hall–Kier alpha value is -2.71. The van der Waals surface area contributed by atoms with Gasteiger partial charge in [-0.2, -0.15) is 4.31 Å². The maximum absolute atomic E-state index is 12.5. The lowest BCUT2D eigenvalue weighted by molar-refractivity contribution is -0.121. The molecule has 0 aliphatic rings. The molecule has 7 nitrogen and oxygen atoms in total. The van der Waals surface area contributed by atoms with Crippen molar-refractivity contribution in [3.05, 3.63) is 59.7 Å². The van der Waals surface area contributed by atoms with Crippen LogP contribution in [0.25, 0.3) is 0 Å². The van der Waals surface area contributed by atoms with Crippen molar-refractivity contribution in [1.29, 1.82) is 0 Å². The highest BCUT2D eigenvalue weighted by Crippen LogP contribution is 2.15. The summed E-state index contributed by atoms with van der Waals surface area (Å²) in [6, 6.07) is 13.2. The maximum atomic E-state index is 12.5. The van der Waals surface area contributed by atoms with E-state index in [1.165, 1.54) is 38.2 Å². The van der Waals surface area contributed by atoms with Gasteiger partial charge < -0.3 is 10.1 Å². The monoisotopic (exact) mass is 404 g/mol. The van der Waals surface area contributed by atoms with Gasteiger partial charge in [0.2, 0.25) is 15.9 Å². The Labute approximate surface area is 165 Å². The fourth-order valence-corrected chi connectivity index (χ4v) is 3.58. The van der Waals surface area contributed by atoms with Crippen molar-refractivity contribution >= 4 is 21.7 Å². The molecule has 1 N–H and O–H groups in total. The smallest absolute Gasteiger partial charge is 0.243 e. The van der Waals surface area contributed by atoms with Crippen LogP contribution in [0.1, 0.15) is 22.8 Å². The van der Waals surface area contributed by atoms with E-state index in [1.807, 2.05) is 31.2 Å². The number of Topliss-reactive ketones (excluding diaryl/α,β-unsaturated/α-hetero) is 1. The first-order valence-corrected chi connectivity index (χ1v) is 10.2. The van der Waals surface area contributed by atoms with Crippen molar-refractivity contribution in [3.63, 3.8) is 0 Å². The van der Waals surface area contributed by atoms with Crippen LogP contribution in [-0.4, -0.2) is 51.2 Å². The fraction of sp³-hybridized carbons (Fsp3) is 0.300. The number of hydrogen-bond donors (Lipinski definition) is 1. The van der Waals surface area contributed by atoms with Crippen LogP contribution in [0.2, 0.25) is 0 Å². The molecule has 0 aromatic heterocycles. The summed E-state index contributed by atoms with van der Waals surface area (Å²) in [6.45, 7) is 3.58. The van der Waals surface area contributed by atoms with Crippen molar-refractivity contribution in [1.82, 2.24) is 9.62 Å². The highest BCUT2D eigenvalue weighted by Gasteiger charge is 2.23. The van der Waals surface area contributed by atoms with Gasteiger partial charge in [-0.3, -0.25) is 9.59 Å². The fourth-order valence-electron chi connectivity index (χ4n) is 2.45. The Morgan fingerprint density at radius 3 is 2.39 bits per heavy atom. The minimum absolute atomic E-state index is 0.0237. The van der Waals surface area contributed by atoms with E-state index in [-0.39, 0.29) is 30.4 Å². The largest absolute Gasteiger partial charge is 0.492 e. The minimum Gasteiger partial charge on any atom is -0.492 e. The summed E-state index contributed by atoms with van der Waals surface area (Å²) in [4.78, 5) is 23.3. The van der Waals surface area contributed by atoms with Gasteiger partial charge in [-0.05, 0) is 43.7 Å². The van der Waals surface area contributed by atoms with Crippen LogP contribution in [0.5, 0.6) is 5.75 Å². The average molecular weight is 404 g/mol. The standard InChI is InChI=1S/C20H24N2O5S/c1-15-5-4-6-18(13-15)27-12-11-21-20(24)14-22(3)28(25,26)19-9-7-17(8-10-19)16(2)23/h4-10,13H,11-12,14H2,1-3H3,(H,21,24). The van der Waals surface area contributed by atoms with Crippen molar-refractivity contribution in [2.24, 2.45) is 0 Å². The second kappa shape index (κ2) is 9.48. The highest BCUT2D eigenvalue weighted by atomic mass is 32.2. The Morgan fingerprint density at radius 2 is 1.79 bits per heavy atom. The zero-order valence-corrected chi connectivity index (χ0v) is 17.0. The SMILES string of the molecule is CC(=O)c1ccc(S(=O)(=O)N(C)CC(=O)NCCOc2cccc(C)c2)cc1. The summed E-state index contributed by atoms with van der Waals surface area (Å²) in [6.07, 6.45) is 0. The molecule has 150 valence electrons. The van der Waals surface area contributed by atoms with E-state index in [2.05, 4.69) is 5.32 Å². The van der Waals surface area contributed by atoms with E-state index < -0.39 is 15.9 Å². The second-order valence-electron chi connectivity index (χ2n) is 6.36. The first-order chi connectivity index (χ1) is 13.2. The van der Waals surface area contributed by atoms with Gasteiger partial charge in [-0.25, -0.2) is 8.42 Å². The molecule has 0 aliphatic heterocycles. The Bertz CT molecular complexity index is 939. The van der Waals surface area contributed by atoms with E-state index in [1.54, 1.807) is 0 Å². The second-order valence-corrected chi connectivity index (χ2v) is 8.40. The lowest BCUT2D eigenvalue weighted by atomic mass is 10.2. The molecule has 2 rings (SSSR count). The first kappa shape index (κ1) is 21.6. The molecule has 0 radical (unpaired) electrons. The molecule has 0 saturated carbocycles. The Balaban J connectivity index is 1.84. The summed E-state index contributed by atoms with van der Waals surface area (Å²) in [5, 5.41) is 2.63. The third-order valence-electron chi connectivity index (χ3n) is 4.02. The molecule has 2 aromatic rings. The van der Waals surface area contributed by atoms with Gasteiger partial charge in [-0.15, -0.1) is 0 Å². The molecule has 0 spiro atoms. The van der Waals surface area contributed by atoms with Gasteiger partial charge in [0.1, 0.15) is 12.4 Å². The molecule has 28 heavy (non-hydrogen) atoms. The molecule has 2 aromatic carbocycles. The van der Waals surface area contributed by atoms with Gasteiger partial charge in [0.15, 0.2) is 5.78 Å². The minimum atomic E-state index is -3.82. The van der Waals surface area contributed by atoms with Gasteiger partial charge in [0, 0.05) is 12.6 Å². The lowest BCUT2D eigenvalue weighted by Crippen LogP contribution is -2.39. The van der Waals surface area contributed by atoms with Crippen LogP contribution in [0.4, 0.5) is 0 Å². The molecule has 0 aliphatic carbocycles.